The molecule has 7 heteroatoms. The van der Waals surface area contributed by atoms with E-state index in [4.69, 9.17) is 19.9 Å². The maximum Gasteiger partial charge on any atom is 0.221 e. The fraction of sp³-hybridized carbons (Fsp3) is 0.143. The zero-order chi connectivity index (χ0) is 24.8. The van der Waals surface area contributed by atoms with Gasteiger partial charge in [0.15, 0.2) is 17.2 Å². The van der Waals surface area contributed by atoms with Gasteiger partial charge >= 0.3 is 0 Å². The molecule has 1 heterocycles. The van der Waals surface area contributed by atoms with E-state index in [1.54, 1.807) is 37.3 Å². The van der Waals surface area contributed by atoms with Crippen molar-refractivity contribution in [1.29, 1.82) is 0 Å². The summed E-state index contributed by atoms with van der Waals surface area (Å²) in [4.78, 5) is 8.61. The molecule has 0 saturated carbocycles. The number of rotatable bonds is 9. The minimum atomic E-state index is -0.0232. The lowest BCUT2D eigenvalue weighted by atomic mass is 10.1. The normalized spacial score (nSPS) is 10.6. The Labute approximate surface area is 204 Å². The molecule has 0 atom stereocenters. The van der Waals surface area contributed by atoms with Crippen LogP contribution in [0.4, 0.5) is 5.95 Å². The zero-order valence-corrected chi connectivity index (χ0v) is 19.7. The van der Waals surface area contributed by atoms with Gasteiger partial charge in [-0.1, -0.05) is 49.1 Å². The van der Waals surface area contributed by atoms with Gasteiger partial charge in [-0.15, -0.1) is 0 Å². The fourth-order valence-electron chi connectivity index (χ4n) is 3.53. The molecule has 0 radical (unpaired) electrons. The van der Waals surface area contributed by atoms with E-state index in [1.165, 1.54) is 0 Å². The molecule has 0 aliphatic rings. The number of benzene rings is 3. The number of anilines is 1. The number of phenolic OH excluding ortho intramolecular Hbond substituents is 1. The molecule has 0 unspecified atom stereocenters. The molecule has 0 fully saturated rings. The lowest BCUT2D eigenvalue weighted by Gasteiger charge is -2.16. The first-order valence-electron chi connectivity index (χ1n) is 11.2. The summed E-state index contributed by atoms with van der Waals surface area (Å²) in [6.45, 7) is 8.28. The van der Waals surface area contributed by atoms with Crippen molar-refractivity contribution in [3.63, 3.8) is 0 Å². The van der Waals surface area contributed by atoms with E-state index >= 15 is 0 Å². The minimum Gasteiger partial charge on any atom is -0.507 e. The Morgan fingerprint density at radius 1 is 0.971 bits per heavy atom. The number of aromatic hydroxyl groups is 1. The van der Waals surface area contributed by atoms with Crippen LogP contribution in [-0.2, 0) is 6.61 Å². The maximum atomic E-state index is 10.8. The van der Waals surface area contributed by atoms with Crippen LogP contribution in [0.15, 0.2) is 73.3 Å². The second-order valence-electron chi connectivity index (χ2n) is 7.74. The molecule has 0 aliphatic carbocycles. The van der Waals surface area contributed by atoms with Crippen LogP contribution in [0.2, 0.25) is 0 Å². The predicted molar refractivity (Wildman–Crippen MR) is 137 cm³/mol. The highest BCUT2D eigenvalue weighted by atomic mass is 16.5. The highest BCUT2D eigenvalue weighted by Gasteiger charge is 2.20. The molecule has 7 nitrogen and oxygen atoms in total. The second kappa shape index (κ2) is 10.6. The summed E-state index contributed by atoms with van der Waals surface area (Å²) < 4.78 is 17.7. The third kappa shape index (κ3) is 5.52. The van der Waals surface area contributed by atoms with Gasteiger partial charge in [-0.25, -0.2) is 9.97 Å². The van der Waals surface area contributed by atoms with Crippen LogP contribution >= 0.6 is 0 Å². The SMILES string of the molecule is C=Cc1ccc(COc2ccc(-c3nc(N)nc(C)c3Oc3ccccc3OCC)c(O)c2)cc1. The van der Waals surface area contributed by atoms with E-state index in [0.29, 0.717) is 53.2 Å². The molecule has 0 amide bonds. The van der Waals surface area contributed by atoms with Gasteiger partial charge in [0.1, 0.15) is 23.8 Å². The highest BCUT2D eigenvalue weighted by molar-refractivity contribution is 5.75. The lowest BCUT2D eigenvalue weighted by Crippen LogP contribution is -2.04. The highest BCUT2D eigenvalue weighted by Crippen LogP contribution is 2.41. The summed E-state index contributed by atoms with van der Waals surface area (Å²) in [5, 5.41) is 10.8. The molecule has 35 heavy (non-hydrogen) atoms. The van der Waals surface area contributed by atoms with E-state index < -0.39 is 0 Å². The molecule has 3 N–H and O–H groups in total. The van der Waals surface area contributed by atoms with Gasteiger partial charge in [0.05, 0.1) is 12.3 Å². The third-order valence-corrected chi connectivity index (χ3v) is 5.26. The van der Waals surface area contributed by atoms with Crippen molar-refractivity contribution < 1.29 is 19.3 Å². The first-order valence-corrected chi connectivity index (χ1v) is 11.2. The molecule has 3 aromatic carbocycles. The first kappa shape index (κ1) is 23.6. The topological polar surface area (TPSA) is 99.7 Å². The molecular formula is C28H27N3O4. The standard InChI is InChI=1S/C28H27N3O4/c1-4-19-10-12-20(13-11-19)17-34-21-14-15-22(23(32)16-21)26-27(18(3)30-28(29)31-26)35-25-9-7-6-8-24(25)33-5-2/h4,6-16,32H,1,5,17H2,2-3H3,(H2,29,30,31). The van der Waals surface area contributed by atoms with Crippen LogP contribution < -0.4 is 19.9 Å². The second-order valence-corrected chi connectivity index (χ2v) is 7.74. The van der Waals surface area contributed by atoms with Gasteiger partial charge in [0.2, 0.25) is 5.95 Å². The van der Waals surface area contributed by atoms with Crippen molar-refractivity contribution in [2.24, 2.45) is 0 Å². The monoisotopic (exact) mass is 469 g/mol. The number of hydrogen-bond acceptors (Lipinski definition) is 7. The molecule has 0 aliphatic heterocycles. The summed E-state index contributed by atoms with van der Waals surface area (Å²) >= 11 is 0. The van der Waals surface area contributed by atoms with Crippen LogP contribution in [0.3, 0.4) is 0 Å². The van der Waals surface area contributed by atoms with Crippen molar-refractivity contribution in [3.8, 4) is 40.0 Å². The van der Waals surface area contributed by atoms with Crippen LogP contribution in [0, 0.1) is 6.92 Å². The van der Waals surface area contributed by atoms with Crippen molar-refractivity contribution in [1.82, 2.24) is 9.97 Å². The smallest absolute Gasteiger partial charge is 0.221 e. The molecule has 1 aromatic heterocycles. The van der Waals surface area contributed by atoms with Gasteiger partial charge in [0.25, 0.3) is 0 Å². The third-order valence-electron chi connectivity index (χ3n) is 5.26. The average molecular weight is 470 g/mol. The van der Waals surface area contributed by atoms with Crippen LogP contribution in [-0.4, -0.2) is 21.7 Å². The summed E-state index contributed by atoms with van der Waals surface area (Å²) in [6, 6.07) is 20.2. The van der Waals surface area contributed by atoms with Crippen molar-refractivity contribution in [2.45, 2.75) is 20.5 Å². The number of hydrogen-bond donors (Lipinski definition) is 2. The summed E-state index contributed by atoms with van der Waals surface area (Å²) in [5.74, 6) is 2.04. The minimum absolute atomic E-state index is 0.0232. The van der Waals surface area contributed by atoms with E-state index in [9.17, 15) is 5.11 Å². The number of nitrogen functional groups attached to an aromatic ring is 1. The Balaban J connectivity index is 1.62. The largest absolute Gasteiger partial charge is 0.507 e. The van der Waals surface area contributed by atoms with E-state index in [-0.39, 0.29) is 11.7 Å². The van der Waals surface area contributed by atoms with E-state index in [0.717, 1.165) is 11.1 Å². The number of nitrogens with two attached hydrogens (primary N) is 1. The molecule has 4 aromatic rings. The molecule has 4 rings (SSSR count). The molecular weight excluding hydrogens is 442 g/mol. The number of phenols is 1. The molecule has 0 saturated heterocycles. The summed E-state index contributed by atoms with van der Waals surface area (Å²) in [6.07, 6.45) is 1.79. The van der Waals surface area contributed by atoms with Crippen molar-refractivity contribution in [3.05, 3.63) is 90.1 Å². The van der Waals surface area contributed by atoms with Crippen LogP contribution in [0.25, 0.3) is 17.3 Å². The number of aromatic nitrogens is 2. The number of para-hydroxylation sites is 2. The average Bonchev–Trinajstić information content (AvgIpc) is 2.86. The number of aryl methyl sites for hydroxylation is 1. The Morgan fingerprint density at radius 2 is 1.71 bits per heavy atom. The molecule has 0 spiro atoms. The van der Waals surface area contributed by atoms with Crippen molar-refractivity contribution >= 4 is 12.0 Å². The molecule has 178 valence electrons. The van der Waals surface area contributed by atoms with Gasteiger partial charge < -0.3 is 25.1 Å². The zero-order valence-electron chi connectivity index (χ0n) is 19.7. The van der Waals surface area contributed by atoms with Gasteiger partial charge in [-0.05, 0) is 49.2 Å². The summed E-state index contributed by atoms with van der Waals surface area (Å²) in [5.41, 5.74) is 9.31. The van der Waals surface area contributed by atoms with Crippen molar-refractivity contribution in [2.75, 3.05) is 12.3 Å². The number of nitrogens with zero attached hydrogens (tertiary/aromatic N) is 2. The van der Waals surface area contributed by atoms with Gasteiger partial charge in [-0.2, -0.15) is 0 Å². The fourth-order valence-corrected chi connectivity index (χ4v) is 3.53. The van der Waals surface area contributed by atoms with Crippen LogP contribution in [0.5, 0.6) is 28.7 Å². The predicted octanol–water partition coefficient (Wildman–Crippen LogP) is 6.15. The van der Waals surface area contributed by atoms with Gasteiger partial charge in [0, 0.05) is 11.6 Å². The number of ether oxygens (including phenoxy) is 3. The first-order chi connectivity index (χ1) is 17.0. The van der Waals surface area contributed by atoms with E-state index in [1.807, 2.05) is 49.4 Å². The Bertz CT molecular complexity index is 1340. The van der Waals surface area contributed by atoms with Gasteiger partial charge in [-0.3, -0.25) is 0 Å². The Hall–Kier alpha value is -4.52. The Kier molecular flexibility index (Phi) is 7.16. The lowest BCUT2D eigenvalue weighted by molar-refractivity contribution is 0.304. The quantitative estimate of drug-likeness (QED) is 0.303. The van der Waals surface area contributed by atoms with Crippen LogP contribution in [0.1, 0.15) is 23.7 Å². The Morgan fingerprint density at radius 3 is 2.40 bits per heavy atom. The van der Waals surface area contributed by atoms with E-state index in [2.05, 4.69) is 16.5 Å². The maximum absolute atomic E-state index is 10.8. The summed E-state index contributed by atoms with van der Waals surface area (Å²) in [7, 11) is 0. The molecule has 0 bridgehead atoms.